The molecule has 1 aliphatic rings. The predicted octanol–water partition coefficient (Wildman–Crippen LogP) is 3.19. The zero-order valence-electron chi connectivity index (χ0n) is 11.8. The van der Waals surface area contributed by atoms with Gasteiger partial charge in [-0.25, -0.2) is 9.48 Å². The van der Waals surface area contributed by atoms with E-state index in [1.807, 2.05) is 12.1 Å². The SMILES string of the molecule is COC(=O)c1nnn(CC2CCC2)c1-c1ccc(Cl)cc1. The van der Waals surface area contributed by atoms with Crippen LogP contribution in [-0.4, -0.2) is 28.1 Å². The number of esters is 1. The Morgan fingerprint density at radius 2 is 2.10 bits per heavy atom. The number of nitrogens with zero attached hydrogens (tertiary/aromatic N) is 3. The molecule has 1 heterocycles. The summed E-state index contributed by atoms with van der Waals surface area (Å²) < 4.78 is 6.60. The van der Waals surface area contributed by atoms with Crippen molar-refractivity contribution < 1.29 is 9.53 Å². The van der Waals surface area contributed by atoms with Gasteiger partial charge in [-0.15, -0.1) is 5.10 Å². The lowest BCUT2D eigenvalue weighted by Crippen LogP contribution is -2.19. The number of hydrogen-bond acceptors (Lipinski definition) is 4. The molecule has 1 aromatic heterocycles. The highest BCUT2D eigenvalue weighted by molar-refractivity contribution is 6.30. The highest BCUT2D eigenvalue weighted by atomic mass is 35.5. The van der Waals surface area contributed by atoms with E-state index in [0.29, 0.717) is 16.6 Å². The van der Waals surface area contributed by atoms with Crippen LogP contribution in [0.15, 0.2) is 24.3 Å². The Kier molecular flexibility index (Phi) is 3.92. The maximum Gasteiger partial charge on any atom is 0.360 e. The average Bonchev–Trinajstić information content (AvgIpc) is 2.86. The molecule has 0 bridgehead atoms. The van der Waals surface area contributed by atoms with Crippen LogP contribution in [0.2, 0.25) is 5.02 Å². The highest BCUT2D eigenvalue weighted by Gasteiger charge is 2.25. The highest BCUT2D eigenvalue weighted by Crippen LogP contribution is 2.31. The first-order chi connectivity index (χ1) is 10.2. The molecule has 0 amide bonds. The van der Waals surface area contributed by atoms with E-state index in [4.69, 9.17) is 16.3 Å². The van der Waals surface area contributed by atoms with E-state index < -0.39 is 5.97 Å². The molecule has 6 heteroatoms. The van der Waals surface area contributed by atoms with E-state index >= 15 is 0 Å². The number of halogens is 1. The van der Waals surface area contributed by atoms with Crippen LogP contribution in [0.1, 0.15) is 29.8 Å². The van der Waals surface area contributed by atoms with Crippen LogP contribution in [0, 0.1) is 5.92 Å². The standard InChI is InChI=1S/C15H16ClN3O2/c1-21-15(20)13-14(11-5-7-12(16)8-6-11)19(18-17-13)9-10-3-2-4-10/h5-8,10H,2-4,9H2,1H3. The summed E-state index contributed by atoms with van der Waals surface area (Å²) in [6.45, 7) is 0.780. The van der Waals surface area contributed by atoms with Crippen molar-refractivity contribution in [2.24, 2.45) is 5.92 Å². The minimum Gasteiger partial charge on any atom is -0.464 e. The van der Waals surface area contributed by atoms with Crippen LogP contribution in [0.4, 0.5) is 0 Å². The molecule has 1 fully saturated rings. The Morgan fingerprint density at radius 3 is 2.67 bits per heavy atom. The number of rotatable bonds is 4. The summed E-state index contributed by atoms with van der Waals surface area (Å²) in [5.74, 6) is 0.142. The first kappa shape index (κ1) is 14.1. The zero-order chi connectivity index (χ0) is 14.8. The molecule has 0 aliphatic heterocycles. The fourth-order valence-corrected chi connectivity index (χ4v) is 2.61. The molecule has 21 heavy (non-hydrogen) atoms. The molecule has 0 spiro atoms. The molecular weight excluding hydrogens is 290 g/mol. The Bertz CT molecular complexity index is 647. The summed E-state index contributed by atoms with van der Waals surface area (Å²) in [6, 6.07) is 7.31. The third-order valence-corrected chi connectivity index (χ3v) is 4.14. The number of carbonyl (C=O) groups excluding carboxylic acids is 1. The van der Waals surface area contributed by atoms with E-state index in [1.165, 1.54) is 26.4 Å². The zero-order valence-corrected chi connectivity index (χ0v) is 12.5. The first-order valence-electron chi connectivity index (χ1n) is 6.97. The summed E-state index contributed by atoms with van der Waals surface area (Å²) in [5.41, 5.74) is 1.81. The molecule has 5 nitrogen and oxygen atoms in total. The van der Waals surface area contributed by atoms with Gasteiger partial charge < -0.3 is 4.74 Å². The molecule has 0 radical (unpaired) electrons. The smallest absolute Gasteiger partial charge is 0.360 e. The van der Waals surface area contributed by atoms with Crippen LogP contribution in [0.25, 0.3) is 11.3 Å². The molecule has 1 aliphatic carbocycles. The molecule has 1 saturated carbocycles. The molecule has 0 saturated heterocycles. The molecular formula is C15H16ClN3O2. The van der Waals surface area contributed by atoms with Gasteiger partial charge in [0.25, 0.3) is 0 Å². The van der Waals surface area contributed by atoms with Gasteiger partial charge in [0.1, 0.15) is 5.69 Å². The molecule has 1 aromatic carbocycles. The Balaban J connectivity index is 2.02. The van der Waals surface area contributed by atoms with Crippen molar-refractivity contribution in [1.82, 2.24) is 15.0 Å². The maximum absolute atomic E-state index is 11.9. The third-order valence-electron chi connectivity index (χ3n) is 3.89. The lowest BCUT2D eigenvalue weighted by Gasteiger charge is -2.25. The van der Waals surface area contributed by atoms with Gasteiger partial charge in [0.15, 0.2) is 5.69 Å². The lowest BCUT2D eigenvalue weighted by molar-refractivity contribution is 0.0595. The molecule has 2 aromatic rings. The van der Waals surface area contributed by atoms with Crippen molar-refractivity contribution in [2.75, 3.05) is 7.11 Å². The number of methoxy groups -OCH3 is 1. The summed E-state index contributed by atoms with van der Waals surface area (Å²) in [4.78, 5) is 11.9. The largest absolute Gasteiger partial charge is 0.464 e. The van der Waals surface area contributed by atoms with Gasteiger partial charge in [0.05, 0.1) is 7.11 Å². The monoisotopic (exact) mass is 305 g/mol. The van der Waals surface area contributed by atoms with E-state index in [9.17, 15) is 4.79 Å². The summed E-state index contributed by atoms with van der Waals surface area (Å²) >= 11 is 5.93. The van der Waals surface area contributed by atoms with E-state index in [-0.39, 0.29) is 5.69 Å². The van der Waals surface area contributed by atoms with Crippen molar-refractivity contribution in [3.63, 3.8) is 0 Å². The number of benzene rings is 1. The number of carbonyl (C=O) groups is 1. The number of aromatic nitrogens is 3. The molecule has 110 valence electrons. The molecule has 0 N–H and O–H groups in total. The second-order valence-corrected chi connectivity index (χ2v) is 5.70. The lowest BCUT2D eigenvalue weighted by atomic mass is 9.85. The third kappa shape index (κ3) is 2.78. The fraction of sp³-hybridized carbons (Fsp3) is 0.400. The van der Waals surface area contributed by atoms with Crippen molar-refractivity contribution in [1.29, 1.82) is 0 Å². The van der Waals surface area contributed by atoms with E-state index in [0.717, 1.165) is 12.1 Å². The topological polar surface area (TPSA) is 57.0 Å². The molecule has 0 unspecified atom stereocenters. The quantitative estimate of drug-likeness (QED) is 0.814. The first-order valence-corrected chi connectivity index (χ1v) is 7.34. The van der Waals surface area contributed by atoms with Crippen molar-refractivity contribution in [3.8, 4) is 11.3 Å². The summed E-state index contributed by atoms with van der Waals surface area (Å²) in [6.07, 6.45) is 3.67. The minimum atomic E-state index is -0.472. The minimum absolute atomic E-state index is 0.249. The van der Waals surface area contributed by atoms with Crippen molar-refractivity contribution >= 4 is 17.6 Å². The number of hydrogen-bond donors (Lipinski definition) is 0. The number of ether oxygens (including phenoxy) is 1. The maximum atomic E-state index is 11.9. The second kappa shape index (κ2) is 5.85. The Hall–Kier alpha value is -1.88. The average molecular weight is 306 g/mol. The molecule has 0 atom stereocenters. The predicted molar refractivity (Wildman–Crippen MR) is 79.1 cm³/mol. The van der Waals surface area contributed by atoms with Gasteiger partial charge in [0, 0.05) is 17.1 Å². The van der Waals surface area contributed by atoms with Gasteiger partial charge in [-0.05, 0) is 30.9 Å². The van der Waals surface area contributed by atoms with Crippen LogP contribution in [-0.2, 0) is 11.3 Å². The van der Waals surface area contributed by atoms with Crippen molar-refractivity contribution in [3.05, 3.63) is 35.0 Å². The van der Waals surface area contributed by atoms with Gasteiger partial charge in [-0.1, -0.05) is 35.4 Å². The Morgan fingerprint density at radius 1 is 1.38 bits per heavy atom. The summed E-state index contributed by atoms with van der Waals surface area (Å²) in [5, 5.41) is 8.79. The van der Waals surface area contributed by atoms with Gasteiger partial charge >= 0.3 is 5.97 Å². The van der Waals surface area contributed by atoms with Crippen LogP contribution in [0.5, 0.6) is 0 Å². The van der Waals surface area contributed by atoms with Gasteiger partial charge in [0.2, 0.25) is 0 Å². The second-order valence-electron chi connectivity index (χ2n) is 5.26. The van der Waals surface area contributed by atoms with Crippen LogP contribution in [0.3, 0.4) is 0 Å². The van der Waals surface area contributed by atoms with Gasteiger partial charge in [-0.3, -0.25) is 0 Å². The van der Waals surface area contributed by atoms with Crippen LogP contribution >= 0.6 is 11.6 Å². The molecule has 3 rings (SSSR count). The van der Waals surface area contributed by atoms with Crippen LogP contribution < -0.4 is 0 Å². The fourth-order valence-electron chi connectivity index (χ4n) is 2.49. The summed E-state index contributed by atoms with van der Waals surface area (Å²) in [7, 11) is 1.35. The van der Waals surface area contributed by atoms with Crippen molar-refractivity contribution in [2.45, 2.75) is 25.8 Å². The van der Waals surface area contributed by atoms with E-state index in [2.05, 4.69) is 10.3 Å². The normalized spacial score (nSPS) is 14.8. The van der Waals surface area contributed by atoms with E-state index in [1.54, 1.807) is 16.8 Å². The Labute approximate surface area is 127 Å². The van der Waals surface area contributed by atoms with Gasteiger partial charge in [-0.2, -0.15) is 0 Å².